The molecule has 23 heavy (non-hydrogen) atoms. The van der Waals surface area contributed by atoms with Gasteiger partial charge in [-0.2, -0.15) is 5.10 Å². The Bertz CT molecular complexity index is 877. The number of fused-ring (bicyclic) bond motifs is 1. The van der Waals surface area contributed by atoms with Crippen molar-refractivity contribution in [3.8, 4) is 11.3 Å². The molecule has 0 saturated heterocycles. The molecular formula is C18H19N5. The molecule has 0 unspecified atom stereocenters. The van der Waals surface area contributed by atoms with E-state index in [2.05, 4.69) is 46.0 Å². The molecule has 0 spiro atoms. The first-order valence-electron chi connectivity index (χ1n) is 7.92. The summed E-state index contributed by atoms with van der Waals surface area (Å²) in [5.41, 5.74) is 5.55. The normalized spacial score (nSPS) is 17.2. The van der Waals surface area contributed by atoms with Crippen LogP contribution in [-0.2, 0) is 0 Å². The van der Waals surface area contributed by atoms with Crippen LogP contribution in [-0.4, -0.2) is 24.6 Å². The average molecular weight is 305 g/mol. The van der Waals surface area contributed by atoms with Gasteiger partial charge in [0.1, 0.15) is 6.33 Å². The first-order chi connectivity index (χ1) is 11.1. The van der Waals surface area contributed by atoms with Crippen LogP contribution >= 0.6 is 0 Å². The third kappa shape index (κ3) is 2.63. The van der Waals surface area contributed by atoms with Crippen LogP contribution in [0.2, 0.25) is 0 Å². The van der Waals surface area contributed by atoms with Gasteiger partial charge in [0.15, 0.2) is 5.65 Å². The van der Waals surface area contributed by atoms with Crippen LogP contribution in [0, 0.1) is 5.41 Å². The maximum absolute atomic E-state index is 4.64. The first-order valence-corrected chi connectivity index (χ1v) is 7.92. The number of rotatable bonds is 2. The molecule has 0 aromatic carbocycles. The minimum absolute atomic E-state index is 0.326. The highest BCUT2D eigenvalue weighted by Gasteiger charge is 2.25. The Balaban J connectivity index is 1.89. The van der Waals surface area contributed by atoms with Gasteiger partial charge in [-0.25, -0.2) is 19.5 Å². The van der Waals surface area contributed by atoms with Crippen LogP contribution in [0.25, 0.3) is 22.5 Å². The van der Waals surface area contributed by atoms with Crippen LogP contribution in [0.3, 0.4) is 0 Å². The van der Waals surface area contributed by atoms with Gasteiger partial charge in [-0.3, -0.25) is 0 Å². The number of hydrogen-bond donors (Lipinski definition) is 0. The molecule has 4 rings (SSSR count). The van der Waals surface area contributed by atoms with Crippen molar-refractivity contribution in [1.82, 2.24) is 24.6 Å². The topological polar surface area (TPSA) is 56.0 Å². The Morgan fingerprint density at radius 1 is 1.17 bits per heavy atom. The Morgan fingerprint density at radius 3 is 2.78 bits per heavy atom. The van der Waals surface area contributed by atoms with E-state index < -0.39 is 0 Å². The summed E-state index contributed by atoms with van der Waals surface area (Å²) in [7, 11) is 0. The highest BCUT2D eigenvalue weighted by molar-refractivity contribution is 5.79. The minimum atomic E-state index is 0.326. The van der Waals surface area contributed by atoms with E-state index in [4.69, 9.17) is 0 Å². The second-order valence-electron chi connectivity index (χ2n) is 6.87. The zero-order chi connectivity index (χ0) is 15.9. The standard InChI is InChI=1S/C18H19N5/c1-18(2)5-3-4-13(9-18)15-8-16(14-10-19-12-20-11-14)22-23-7-6-21-17(15)23/h4,6-8,10-12H,3,5,9H2,1-2H3. The number of aromatic nitrogens is 5. The molecule has 0 N–H and O–H groups in total. The molecule has 3 heterocycles. The molecule has 0 fully saturated rings. The predicted molar refractivity (Wildman–Crippen MR) is 89.6 cm³/mol. The quantitative estimate of drug-likeness (QED) is 0.723. The Morgan fingerprint density at radius 2 is 2.00 bits per heavy atom. The highest BCUT2D eigenvalue weighted by Crippen LogP contribution is 2.40. The summed E-state index contributed by atoms with van der Waals surface area (Å²) in [5.74, 6) is 0. The van der Waals surface area contributed by atoms with E-state index in [1.165, 1.54) is 18.3 Å². The summed E-state index contributed by atoms with van der Waals surface area (Å²) in [6.07, 6.45) is 14.6. The average Bonchev–Trinajstić information content (AvgIpc) is 3.02. The van der Waals surface area contributed by atoms with Crippen LogP contribution in [0.15, 0.2) is 43.3 Å². The second-order valence-corrected chi connectivity index (χ2v) is 6.87. The molecule has 0 bridgehead atoms. The van der Waals surface area contributed by atoms with Crippen LogP contribution in [0.5, 0.6) is 0 Å². The van der Waals surface area contributed by atoms with Gasteiger partial charge in [-0.15, -0.1) is 0 Å². The van der Waals surface area contributed by atoms with E-state index in [-0.39, 0.29) is 0 Å². The van der Waals surface area contributed by atoms with E-state index in [1.807, 2.05) is 10.7 Å². The molecule has 0 amide bonds. The Kier molecular flexibility index (Phi) is 3.22. The molecular weight excluding hydrogens is 286 g/mol. The van der Waals surface area contributed by atoms with Gasteiger partial charge >= 0.3 is 0 Å². The van der Waals surface area contributed by atoms with Crippen molar-refractivity contribution in [2.75, 3.05) is 0 Å². The lowest BCUT2D eigenvalue weighted by Gasteiger charge is -2.30. The van der Waals surface area contributed by atoms with Gasteiger partial charge in [0.25, 0.3) is 0 Å². The molecule has 116 valence electrons. The molecule has 0 aliphatic heterocycles. The SMILES string of the molecule is CC1(C)CCC=C(c2cc(-c3cncnc3)nn3ccnc23)C1. The van der Waals surface area contributed by atoms with E-state index in [1.54, 1.807) is 18.6 Å². The molecule has 0 atom stereocenters. The third-order valence-electron chi connectivity index (χ3n) is 4.44. The van der Waals surface area contributed by atoms with Crippen molar-refractivity contribution < 1.29 is 0 Å². The van der Waals surface area contributed by atoms with Crippen LogP contribution in [0.1, 0.15) is 38.7 Å². The van der Waals surface area contributed by atoms with Crippen molar-refractivity contribution in [3.05, 3.63) is 48.8 Å². The van der Waals surface area contributed by atoms with Crippen LogP contribution in [0.4, 0.5) is 0 Å². The number of nitrogens with zero attached hydrogens (tertiary/aromatic N) is 5. The van der Waals surface area contributed by atoms with Crippen molar-refractivity contribution in [3.63, 3.8) is 0 Å². The van der Waals surface area contributed by atoms with Gasteiger partial charge in [-0.1, -0.05) is 19.9 Å². The monoisotopic (exact) mass is 305 g/mol. The van der Waals surface area contributed by atoms with Gasteiger partial charge in [0, 0.05) is 35.9 Å². The largest absolute Gasteiger partial charge is 0.244 e. The van der Waals surface area contributed by atoms with Crippen molar-refractivity contribution in [1.29, 1.82) is 0 Å². The Hall–Kier alpha value is -2.56. The first kappa shape index (κ1) is 14.1. The molecule has 3 aromatic heterocycles. The fourth-order valence-corrected chi connectivity index (χ4v) is 3.24. The van der Waals surface area contributed by atoms with Crippen LogP contribution < -0.4 is 0 Å². The van der Waals surface area contributed by atoms with E-state index in [0.717, 1.165) is 35.3 Å². The smallest absolute Gasteiger partial charge is 0.161 e. The zero-order valence-electron chi connectivity index (χ0n) is 13.4. The van der Waals surface area contributed by atoms with E-state index >= 15 is 0 Å². The number of imidazole rings is 1. The summed E-state index contributed by atoms with van der Waals surface area (Å²) in [6.45, 7) is 4.66. The Labute approximate surface area is 135 Å². The summed E-state index contributed by atoms with van der Waals surface area (Å²) in [6, 6.07) is 2.12. The summed E-state index contributed by atoms with van der Waals surface area (Å²) < 4.78 is 1.85. The van der Waals surface area contributed by atoms with Gasteiger partial charge in [-0.05, 0) is 36.3 Å². The molecule has 5 nitrogen and oxygen atoms in total. The van der Waals surface area contributed by atoms with Crippen molar-refractivity contribution >= 4 is 11.2 Å². The minimum Gasteiger partial charge on any atom is -0.244 e. The second kappa shape index (κ2) is 5.26. The summed E-state index contributed by atoms with van der Waals surface area (Å²) >= 11 is 0. The molecule has 1 aliphatic rings. The molecule has 3 aromatic rings. The molecule has 1 aliphatic carbocycles. The van der Waals surface area contributed by atoms with Gasteiger partial charge < -0.3 is 0 Å². The van der Waals surface area contributed by atoms with Gasteiger partial charge in [0.05, 0.1) is 5.69 Å². The number of hydrogen-bond acceptors (Lipinski definition) is 4. The lowest BCUT2D eigenvalue weighted by Crippen LogP contribution is -2.15. The van der Waals surface area contributed by atoms with E-state index in [0.29, 0.717) is 5.41 Å². The maximum Gasteiger partial charge on any atom is 0.161 e. The zero-order valence-corrected chi connectivity index (χ0v) is 13.4. The molecule has 5 heteroatoms. The fourth-order valence-electron chi connectivity index (χ4n) is 3.24. The highest BCUT2D eigenvalue weighted by atomic mass is 15.2. The van der Waals surface area contributed by atoms with Gasteiger partial charge in [0.2, 0.25) is 0 Å². The molecule has 0 radical (unpaired) electrons. The van der Waals surface area contributed by atoms with Crippen molar-refractivity contribution in [2.24, 2.45) is 5.41 Å². The maximum atomic E-state index is 4.64. The molecule has 0 saturated carbocycles. The number of allylic oxidation sites excluding steroid dienone is 2. The lowest BCUT2D eigenvalue weighted by molar-refractivity contribution is 0.338. The predicted octanol–water partition coefficient (Wildman–Crippen LogP) is 3.78. The fraction of sp³-hybridized carbons (Fsp3) is 0.333. The van der Waals surface area contributed by atoms with E-state index in [9.17, 15) is 0 Å². The van der Waals surface area contributed by atoms with Crippen molar-refractivity contribution in [2.45, 2.75) is 33.1 Å². The summed E-state index contributed by atoms with van der Waals surface area (Å²) in [4.78, 5) is 12.7. The third-order valence-corrected chi connectivity index (χ3v) is 4.44. The lowest BCUT2D eigenvalue weighted by atomic mass is 9.76. The summed E-state index contributed by atoms with van der Waals surface area (Å²) in [5, 5.41) is 4.64.